The highest BCUT2D eigenvalue weighted by Gasteiger charge is 2.26. The van der Waals surface area contributed by atoms with E-state index >= 15 is 0 Å². The maximum absolute atomic E-state index is 11.5. The van der Waals surface area contributed by atoms with E-state index in [1.54, 1.807) is 0 Å². The number of rotatable bonds is 6. The number of fused-ring (bicyclic) bond motifs is 2. The Morgan fingerprint density at radius 3 is 2.90 bits per heavy atom. The van der Waals surface area contributed by atoms with E-state index in [9.17, 15) is 15.0 Å². The van der Waals surface area contributed by atoms with Gasteiger partial charge in [0, 0.05) is 30.1 Å². The Hall–Kier alpha value is -2.77. The standard InChI is InChI=1S/C22H26N2O5/c1-22(2,10-13-3-4-19-14(7-13)5-6-28-19)23-11-18(26)16-8-15(25)9-17-21(16)29-12-20(27)24-17/h3-4,7-9,18,23,25-26H,5-6,10-12H2,1-2H3,(H,24,27). The molecule has 0 spiro atoms. The molecule has 2 aliphatic rings. The lowest BCUT2D eigenvalue weighted by atomic mass is 9.93. The molecular formula is C22H26N2O5. The molecule has 7 nitrogen and oxygen atoms in total. The van der Waals surface area contributed by atoms with E-state index in [4.69, 9.17) is 9.47 Å². The first-order valence-corrected chi connectivity index (χ1v) is 9.78. The highest BCUT2D eigenvalue weighted by molar-refractivity contribution is 5.96. The fourth-order valence-corrected chi connectivity index (χ4v) is 3.87. The summed E-state index contributed by atoms with van der Waals surface area (Å²) in [5, 5.41) is 26.8. The van der Waals surface area contributed by atoms with Crippen LogP contribution in [0.5, 0.6) is 17.2 Å². The zero-order chi connectivity index (χ0) is 20.6. The molecular weight excluding hydrogens is 372 g/mol. The number of amides is 1. The first-order chi connectivity index (χ1) is 13.8. The zero-order valence-electron chi connectivity index (χ0n) is 16.6. The minimum atomic E-state index is -0.904. The topological polar surface area (TPSA) is 100 Å². The summed E-state index contributed by atoms with van der Waals surface area (Å²) in [6.07, 6.45) is 0.825. The number of hydrogen-bond donors (Lipinski definition) is 4. The quantitative estimate of drug-likeness (QED) is 0.596. The maximum Gasteiger partial charge on any atom is 0.262 e. The Bertz CT molecular complexity index is 941. The van der Waals surface area contributed by atoms with E-state index in [2.05, 4.69) is 36.6 Å². The molecule has 0 aliphatic carbocycles. The van der Waals surface area contributed by atoms with Crippen LogP contribution in [-0.4, -0.2) is 41.4 Å². The molecule has 7 heteroatoms. The van der Waals surface area contributed by atoms with Crippen LogP contribution in [0.15, 0.2) is 30.3 Å². The van der Waals surface area contributed by atoms with Gasteiger partial charge < -0.3 is 30.3 Å². The van der Waals surface area contributed by atoms with Crippen LogP contribution in [0.3, 0.4) is 0 Å². The van der Waals surface area contributed by atoms with Gasteiger partial charge in [-0.05, 0) is 43.5 Å². The van der Waals surface area contributed by atoms with Gasteiger partial charge in [-0.3, -0.25) is 4.79 Å². The van der Waals surface area contributed by atoms with Gasteiger partial charge >= 0.3 is 0 Å². The number of ether oxygens (including phenoxy) is 2. The van der Waals surface area contributed by atoms with Gasteiger partial charge in [-0.2, -0.15) is 0 Å². The van der Waals surface area contributed by atoms with Crippen molar-refractivity contribution in [3.63, 3.8) is 0 Å². The monoisotopic (exact) mass is 398 g/mol. The number of carbonyl (C=O) groups is 1. The van der Waals surface area contributed by atoms with Gasteiger partial charge in [-0.25, -0.2) is 0 Å². The van der Waals surface area contributed by atoms with Crippen LogP contribution in [0.4, 0.5) is 5.69 Å². The summed E-state index contributed by atoms with van der Waals surface area (Å²) < 4.78 is 11.1. The molecule has 4 N–H and O–H groups in total. The van der Waals surface area contributed by atoms with E-state index < -0.39 is 6.10 Å². The van der Waals surface area contributed by atoms with Crippen LogP contribution in [0.25, 0.3) is 0 Å². The number of β-amino-alcohol motifs (C(OH)–C–C–N with tert-alkyl or cyclic N) is 1. The molecule has 1 amide bonds. The molecule has 0 fully saturated rings. The lowest BCUT2D eigenvalue weighted by Crippen LogP contribution is -2.43. The second-order valence-corrected chi connectivity index (χ2v) is 8.25. The number of aliphatic hydroxyl groups is 1. The van der Waals surface area contributed by atoms with Crippen molar-refractivity contribution in [2.45, 2.75) is 38.3 Å². The Balaban J connectivity index is 1.44. The number of phenolic OH excluding ortho intramolecular Hbond substituents is 1. The van der Waals surface area contributed by atoms with Gasteiger partial charge in [-0.1, -0.05) is 12.1 Å². The lowest BCUT2D eigenvalue weighted by Gasteiger charge is -2.29. The summed E-state index contributed by atoms with van der Waals surface area (Å²) in [6, 6.07) is 9.16. The van der Waals surface area contributed by atoms with E-state index in [-0.39, 0.29) is 30.3 Å². The predicted octanol–water partition coefficient (Wildman–Crippen LogP) is 2.30. The number of nitrogens with one attached hydrogen (secondary N) is 2. The van der Waals surface area contributed by atoms with Gasteiger partial charge in [0.1, 0.15) is 17.2 Å². The van der Waals surface area contributed by atoms with Crippen molar-refractivity contribution < 1.29 is 24.5 Å². The molecule has 0 saturated heterocycles. The van der Waals surface area contributed by atoms with Crippen molar-refractivity contribution in [3.8, 4) is 17.2 Å². The SMILES string of the molecule is CC(C)(Cc1ccc2c(c1)CCO2)NCC(O)c1cc(O)cc2c1OCC(=O)N2. The minimum absolute atomic E-state index is 0.0387. The summed E-state index contributed by atoms with van der Waals surface area (Å²) in [6.45, 7) is 5.06. The number of aromatic hydroxyl groups is 1. The van der Waals surface area contributed by atoms with Crippen molar-refractivity contribution >= 4 is 11.6 Å². The van der Waals surface area contributed by atoms with Crippen LogP contribution in [0.2, 0.25) is 0 Å². The number of hydrogen-bond acceptors (Lipinski definition) is 6. The molecule has 29 heavy (non-hydrogen) atoms. The van der Waals surface area contributed by atoms with Crippen molar-refractivity contribution in [2.75, 3.05) is 25.1 Å². The molecule has 0 radical (unpaired) electrons. The van der Waals surface area contributed by atoms with E-state index in [0.717, 1.165) is 25.2 Å². The molecule has 0 aromatic heterocycles. The molecule has 1 atom stereocenters. The summed E-state index contributed by atoms with van der Waals surface area (Å²) in [5.41, 5.74) is 3.00. The lowest BCUT2D eigenvalue weighted by molar-refractivity contribution is -0.118. The van der Waals surface area contributed by atoms with Crippen molar-refractivity contribution in [3.05, 3.63) is 47.0 Å². The van der Waals surface area contributed by atoms with Crippen molar-refractivity contribution in [1.29, 1.82) is 0 Å². The Morgan fingerprint density at radius 2 is 2.07 bits per heavy atom. The Morgan fingerprint density at radius 1 is 1.24 bits per heavy atom. The van der Waals surface area contributed by atoms with E-state index in [1.807, 2.05) is 6.07 Å². The third-order valence-electron chi connectivity index (χ3n) is 5.26. The number of carbonyl (C=O) groups excluding carboxylic acids is 1. The van der Waals surface area contributed by atoms with Gasteiger partial charge in [0.25, 0.3) is 5.91 Å². The first-order valence-electron chi connectivity index (χ1n) is 9.78. The largest absolute Gasteiger partial charge is 0.508 e. The molecule has 0 bridgehead atoms. The third kappa shape index (κ3) is 4.31. The summed E-state index contributed by atoms with van der Waals surface area (Å²) >= 11 is 0. The van der Waals surface area contributed by atoms with E-state index in [1.165, 1.54) is 23.3 Å². The molecule has 2 aliphatic heterocycles. The third-order valence-corrected chi connectivity index (χ3v) is 5.26. The normalized spacial score (nSPS) is 16.3. The molecule has 0 saturated carbocycles. The summed E-state index contributed by atoms with van der Waals surface area (Å²) in [7, 11) is 0. The average Bonchev–Trinajstić information content (AvgIpc) is 3.12. The zero-order valence-corrected chi connectivity index (χ0v) is 16.6. The van der Waals surface area contributed by atoms with Gasteiger partial charge in [0.15, 0.2) is 6.61 Å². The van der Waals surface area contributed by atoms with Crippen molar-refractivity contribution in [2.24, 2.45) is 0 Å². The average molecular weight is 398 g/mol. The fraction of sp³-hybridized carbons (Fsp3) is 0.409. The molecule has 2 aromatic rings. The van der Waals surface area contributed by atoms with Crippen molar-refractivity contribution in [1.82, 2.24) is 5.32 Å². The van der Waals surface area contributed by atoms with Crippen LogP contribution in [0.1, 0.15) is 36.6 Å². The van der Waals surface area contributed by atoms with Gasteiger partial charge in [-0.15, -0.1) is 0 Å². The molecule has 2 heterocycles. The van der Waals surface area contributed by atoms with Gasteiger partial charge in [0.05, 0.1) is 18.4 Å². The Kier molecular flexibility index (Phi) is 5.10. The number of benzene rings is 2. The molecule has 154 valence electrons. The smallest absolute Gasteiger partial charge is 0.262 e. The predicted molar refractivity (Wildman–Crippen MR) is 109 cm³/mol. The van der Waals surface area contributed by atoms with Crippen LogP contribution >= 0.6 is 0 Å². The summed E-state index contributed by atoms with van der Waals surface area (Å²) in [4.78, 5) is 11.5. The first kappa shape index (κ1) is 19.5. The molecule has 4 rings (SSSR count). The molecule has 1 unspecified atom stereocenters. The number of anilines is 1. The van der Waals surface area contributed by atoms with Crippen LogP contribution in [0, 0.1) is 0 Å². The van der Waals surface area contributed by atoms with E-state index in [0.29, 0.717) is 17.0 Å². The maximum atomic E-state index is 11.5. The number of aliphatic hydroxyl groups excluding tert-OH is 1. The highest BCUT2D eigenvalue weighted by atomic mass is 16.5. The van der Waals surface area contributed by atoms with Gasteiger partial charge in [0.2, 0.25) is 0 Å². The fourth-order valence-electron chi connectivity index (χ4n) is 3.87. The van der Waals surface area contributed by atoms with Crippen LogP contribution < -0.4 is 20.1 Å². The minimum Gasteiger partial charge on any atom is -0.508 e. The second kappa shape index (κ2) is 7.57. The Labute approximate surface area is 169 Å². The second-order valence-electron chi connectivity index (χ2n) is 8.25. The number of phenols is 1. The highest BCUT2D eigenvalue weighted by Crippen LogP contribution is 2.38. The summed E-state index contributed by atoms with van der Waals surface area (Å²) in [5.74, 6) is 1.04. The van der Waals surface area contributed by atoms with Crippen LogP contribution in [-0.2, 0) is 17.6 Å². The molecule has 2 aromatic carbocycles.